The Morgan fingerprint density at radius 1 is 1.12 bits per heavy atom. The molecule has 0 spiro atoms. The summed E-state index contributed by atoms with van der Waals surface area (Å²) < 4.78 is 5.73. The van der Waals surface area contributed by atoms with E-state index in [9.17, 15) is 10.0 Å². The van der Waals surface area contributed by atoms with E-state index >= 15 is 0 Å². The number of hydrogen-bond acceptors (Lipinski definition) is 3. The standard InChI is InChI=1S/C13H11NO3/c1-10-2-4-11(5-3-10)13(15)17-12-6-8-14(16)9-7-12/h2-9H,1H3. The summed E-state index contributed by atoms with van der Waals surface area (Å²) in [5, 5.41) is 10.8. The van der Waals surface area contributed by atoms with Crippen molar-refractivity contribution in [3.63, 3.8) is 0 Å². The molecule has 0 aliphatic heterocycles. The highest BCUT2D eigenvalue weighted by atomic mass is 16.5. The maximum Gasteiger partial charge on any atom is 0.343 e. The molecule has 0 aliphatic rings. The van der Waals surface area contributed by atoms with Crippen molar-refractivity contribution >= 4 is 5.97 Å². The van der Waals surface area contributed by atoms with Gasteiger partial charge in [-0.15, -0.1) is 0 Å². The fourth-order valence-electron chi connectivity index (χ4n) is 1.32. The number of pyridine rings is 1. The summed E-state index contributed by atoms with van der Waals surface area (Å²) in [5.74, 6) is -0.0867. The summed E-state index contributed by atoms with van der Waals surface area (Å²) >= 11 is 0. The number of nitrogens with zero attached hydrogens (tertiary/aromatic N) is 1. The molecule has 2 aromatic rings. The Hall–Kier alpha value is -2.36. The van der Waals surface area contributed by atoms with Gasteiger partial charge >= 0.3 is 5.97 Å². The van der Waals surface area contributed by atoms with E-state index in [1.54, 1.807) is 12.1 Å². The van der Waals surface area contributed by atoms with Crippen LogP contribution in [0.2, 0.25) is 0 Å². The Morgan fingerprint density at radius 2 is 1.71 bits per heavy atom. The average Bonchev–Trinajstić information content (AvgIpc) is 2.33. The molecule has 0 aliphatic carbocycles. The normalized spacial score (nSPS) is 9.94. The maximum absolute atomic E-state index is 11.7. The summed E-state index contributed by atoms with van der Waals surface area (Å²) in [4.78, 5) is 11.7. The van der Waals surface area contributed by atoms with Crippen LogP contribution in [0.25, 0.3) is 0 Å². The number of rotatable bonds is 2. The van der Waals surface area contributed by atoms with Crippen molar-refractivity contribution in [2.75, 3.05) is 0 Å². The lowest BCUT2D eigenvalue weighted by atomic mass is 10.1. The van der Waals surface area contributed by atoms with Gasteiger partial charge in [0.1, 0.15) is 5.75 Å². The highest BCUT2D eigenvalue weighted by molar-refractivity contribution is 5.91. The van der Waals surface area contributed by atoms with Gasteiger partial charge in [-0.1, -0.05) is 17.7 Å². The molecule has 0 radical (unpaired) electrons. The minimum atomic E-state index is -0.436. The summed E-state index contributed by atoms with van der Waals surface area (Å²) in [6, 6.07) is 9.97. The van der Waals surface area contributed by atoms with Gasteiger partial charge in [0.15, 0.2) is 12.4 Å². The largest absolute Gasteiger partial charge is 0.619 e. The van der Waals surface area contributed by atoms with Crippen LogP contribution in [-0.4, -0.2) is 5.97 Å². The van der Waals surface area contributed by atoms with Crippen LogP contribution < -0.4 is 9.47 Å². The van der Waals surface area contributed by atoms with E-state index in [-0.39, 0.29) is 0 Å². The predicted molar refractivity (Wildman–Crippen MR) is 61.5 cm³/mol. The van der Waals surface area contributed by atoms with Crippen molar-refractivity contribution < 1.29 is 14.3 Å². The smallest absolute Gasteiger partial charge is 0.343 e. The number of hydrogen-bond donors (Lipinski definition) is 0. The van der Waals surface area contributed by atoms with Crippen molar-refractivity contribution in [1.29, 1.82) is 0 Å². The fraction of sp³-hybridized carbons (Fsp3) is 0.0769. The van der Waals surface area contributed by atoms with E-state index in [1.807, 2.05) is 19.1 Å². The Bertz CT molecular complexity index is 517. The molecule has 0 unspecified atom stereocenters. The molecule has 0 fully saturated rings. The zero-order chi connectivity index (χ0) is 12.3. The number of carbonyl (C=O) groups is 1. The second-order valence-electron chi connectivity index (χ2n) is 3.65. The summed E-state index contributed by atoms with van der Waals surface area (Å²) in [6.07, 6.45) is 2.55. The molecular weight excluding hydrogens is 218 g/mol. The van der Waals surface area contributed by atoms with Gasteiger partial charge in [-0.05, 0) is 19.1 Å². The van der Waals surface area contributed by atoms with Crippen LogP contribution in [0.1, 0.15) is 15.9 Å². The van der Waals surface area contributed by atoms with Crippen molar-refractivity contribution in [2.24, 2.45) is 0 Å². The Morgan fingerprint density at radius 3 is 2.29 bits per heavy atom. The molecule has 4 nitrogen and oxygen atoms in total. The molecule has 0 bridgehead atoms. The summed E-state index contributed by atoms with van der Waals surface area (Å²) in [6.45, 7) is 1.94. The second kappa shape index (κ2) is 4.65. The zero-order valence-corrected chi connectivity index (χ0v) is 9.29. The van der Waals surface area contributed by atoms with E-state index in [0.29, 0.717) is 16.0 Å². The lowest BCUT2D eigenvalue weighted by Crippen LogP contribution is -2.23. The first-order chi connectivity index (χ1) is 8.15. The third kappa shape index (κ3) is 2.81. The topological polar surface area (TPSA) is 53.2 Å². The number of benzene rings is 1. The summed E-state index contributed by atoms with van der Waals surface area (Å²) in [7, 11) is 0. The first-order valence-corrected chi connectivity index (χ1v) is 5.13. The molecule has 86 valence electrons. The molecule has 17 heavy (non-hydrogen) atoms. The van der Waals surface area contributed by atoms with Crippen LogP contribution in [0.15, 0.2) is 48.8 Å². The molecular formula is C13H11NO3. The number of aromatic nitrogens is 1. The third-order valence-electron chi connectivity index (χ3n) is 2.27. The molecule has 2 rings (SSSR count). The molecule has 0 N–H and O–H groups in total. The number of carbonyl (C=O) groups excluding carboxylic acids is 1. The summed E-state index contributed by atoms with van der Waals surface area (Å²) in [5.41, 5.74) is 1.56. The van der Waals surface area contributed by atoms with Crippen LogP contribution in [0, 0.1) is 12.1 Å². The average molecular weight is 229 g/mol. The van der Waals surface area contributed by atoms with Crippen LogP contribution in [0.4, 0.5) is 0 Å². The van der Waals surface area contributed by atoms with Crippen molar-refractivity contribution in [3.05, 3.63) is 65.1 Å². The van der Waals surface area contributed by atoms with Gasteiger partial charge in [-0.3, -0.25) is 0 Å². The van der Waals surface area contributed by atoms with Crippen molar-refractivity contribution in [2.45, 2.75) is 6.92 Å². The highest BCUT2D eigenvalue weighted by Gasteiger charge is 2.08. The molecule has 0 saturated carbocycles. The quantitative estimate of drug-likeness (QED) is 0.448. The molecule has 0 amide bonds. The van der Waals surface area contributed by atoms with Crippen LogP contribution in [-0.2, 0) is 0 Å². The minimum Gasteiger partial charge on any atom is -0.619 e. The highest BCUT2D eigenvalue weighted by Crippen LogP contribution is 2.10. The first kappa shape index (κ1) is 11.1. The van der Waals surface area contributed by atoms with Crippen molar-refractivity contribution in [3.8, 4) is 5.75 Å². The van der Waals surface area contributed by atoms with E-state index < -0.39 is 5.97 Å². The Labute approximate surface area is 98.7 Å². The van der Waals surface area contributed by atoms with Crippen LogP contribution in [0.3, 0.4) is 0 Å². The van der Waals surface area contributed by atoms with E-state index in [0.717, 1.165) is 5.56 Å². The zero-order valence-electron chi connectivity index (χ0n) is 9.29. The maximum atomic E-state index is 11.7. The monoisotopic (exact) mass is 229 g/mol. The van der Waals surface area contributed by atoms with Gasteiger partial charge in [0.25, 0.3) is 0 Å². The van der Waals surface area contributed by atoms with Gasteiger partial charge in [0, 0.05) is 12.1 Å². The van der Waals surface area contributed by atoms with Gasteiger partial charge in [-0.2, -0.15) is 4.73 Å². The van der Waals surface area contributed by atoms with Gasteiger partial charge in [0.2, 0.25) is 0 Å². The molecule has 0 saturated heterocycles. The lowest BCUT2D eigenvalue weighted by Gasteiger charge is -2.04. The number of aryl methyl sites for hydroxylation is 1. The molecule has 0 atom stereocenters. The van der Waals surface area contributed by atoms with Gasteiger partial charge < -0.3 is 9.94 Å². The molecule has 1 aromatic heterocycles. The Kier molecular flexibility index (Phi) is 3.05. The van der Waals surface area contributed by atoms with E-state index in [1.165, 1.54) is 24.5 Å². The Balaban J connectivity index is 2.11. The molecule has 1 aromatic carbocycles. The molecule has 1 heterocycles. The van der Waals surface area contributed by atoms with Crippen LogP contribution in [0.5, 0.6) is 5.75 Å². The fourth-order valence-corrected chi connectivity index (χ4v) is 1.32. The SMILES string of the molecule is Cc1ccc(C(=O)Oc2cc[n+]([O-])cc2)cc1. The van der Waals surface area contributed by atoms with E-state index in [4.69, 9.17) is 4.74 Å². The number of ether oxygens (including phenoxy) is 1. The predicted octanol–water partition coefficient (Wildman–Crippen LogP) is 1.85. The minimum absolute atomic E-state index is 0.350. The van der Waals surface area contributed by atoms with Gasteiger partial charge in [-0.25, -0.2) is 4.79 Å². The first-order valence-electron chi connectivity index (χ1n) is 5.13. The van der Waals surface area contributed by atoms with Crippen LogP contribution >= 0.6 is 0 Å². The molecule has 4 heteroatoms. The third-order valence-corrected chi connectivity index (χ3v) is 2.27. The lowest BCUT2D eigenvalue weighted by molar-refractivity contribution is -0.605. The second-order valence-corrected chi connectivity index (χ2v) is 3.65. The van der Waals surface area contributed by atoms with Gasteiger partial charge in [0.05, 0.1) is 5.56 Å². The van der Waals surface area contributed by atoms with Crippen molar-refractivity contribution in [1.82, 2.24) is 0 Å². The van der Waals surface area contributed by atoms with E-state index in [2.05, 4.69) is 0 Å². The number of esters is 1.